The zero-order valence-electron chi connectivity index (χ0n) is 5.49. The fourth-order valence-corrected chi connectivity index (χ4v) is 1.63. The van der Waals surface area contributed by atoms with Crippen LogP contribution in [0.4, 0.5) is 8.78 Å². The van der Waals surface area contributed by atoms with E-state index in [0.29, 0.717) is 3.57 Å². The normalized spacial score (nSPS) is 10.8. The number of alkyl halides is 2. The summed E-state index contributed by atoms with van der Waals surface area (Å²) in [5.41, 5.74) is -0.353. The number of halogens is 5. The van der Waals surface area contributed by atoms with Crippen LogP contribution in [0.3, 0.4) is 0 Å². The SMILES string of the molecule is FC(F)c1cc(I)c(Cl)c(Cl)n1. The van der Waals surface area contributed by atoms with Crippen LogP contribution in [0.15, 0.2) is 6.07 Å². The van der Waals surface area contributed by atoms with Crippen molar-refractivity contribution < 1.29 is 8.78 Å². The van der Waals surface area contributed by atoms with Crippen LogP contribution >= 0.6 is 45.8 Å². The van der Waals surface area contributed by atoms with Crippen molar-refractivity contribution in [3.8, 4) is 0 Å². The first-order chi connectivity index (χ1) is 5.52. The van der Waals surface area contributed by atoms with Crippen LogP contribution in [0.5, 0.6) is 0 Å². The van der Waals surface area contributed by atoms with Gasteiger partial charge in [0.2, 0.25) is 0 Å². The molecule has 1 rings (SSSR count). The highest BCUT2D eigenvalue weighted by atomic mass is 127. The molecule has 1 aromatic rings. The predicted octanol–water partition coefficient (Wildman–Crippen LogP) is 3.93. The fourth-order valence-electron chi connectivity index (χ4n) is 0.598. The van der Waals surface area contributed by atoms with Crippen molar-refractivity contribution >= 4 is 45.8 Å². The largest absolute Gasteiger partial charge is 0.280 e. The average Bonchev–Trinajstić information content (AvgIpc) is 1.99. The van der Waals surface area contributed by atoms with Crippen molar-refractivity contribution in [3.63, 3.8) is 0 Å². The monoisotopic (exact) mass is 323 g/mol. The Morgan fingerprint density at radius 2 is 2.00 bits per heavy atom. The van der Waals surface area contributed by atoms with Crippen molar-refractivity contribution in [2.75, 3.05) is 0 Å². The van der Waals surface area contributed by atoms with E-state index in [0.717, 1.165) is 0 Å². The van der Waals surface area contributed by atoms with Gasteiger partial charge in [0.1, 0.15) is 10.8 Å². The summed E-state index contributed by atoms with van der Waals surface area (Å²) in [7, 11) is 0. The van der Waals surface area contributed by atoms with Gasteiger partial charge in [0.05, 0.1) is 5.02 Å². The standard InChI is InChI=1S/C6H2Cl2F2IN/c7-4-2(11)1-3(6(9)10)12-5(4)8/h1,6H. The Kier molecular flexibility index (Phi) is 3.48. The number of nitrogens with zero attached hydrogens (tertiary/aromatic N) is 1. The maximum Gasteiger partial charge on any atom is 0.280 e. The Labute approximate surface area is 91.2 Å². The van der Waals surface area contributed by atoms with Crippen LogP contribution in [0.25, 0.3) is 0 Å². The molecule has 0 unspecified atom stereocenters. The third-order valence-electron chi connectivity index (χ3n) is 1.12. The van der Waals surface area contributed by atoms with Gasteiger partial charge in [-0.1, -0.05) is 23.2 Å². The van der Waals surface area contributed by atoms with E-state index in [1.165, 1.54) is 6.07 Å². The molecule has 66 valence electrons. The molecule has 1 aromatic heterocycles. The van der Waals surface area contributed by atoms with Crippen LogP contribution < -0.4 is 0 Å². The van der Waals surface area contributed by atoms with Crippen molar-refractivity contribution in [1.29, 1.82) is 0 Å². The lowest BCUT2D eigenvalue weighted by molar-refractivity contribution is 0.146. The minimum Gasteiger partial charge on any atom is -0.233 e. The maximum absolute atomic E-state index is 12.1. The van der Waals surface area contributed by atoms with Gasteiger partial charge in [-0.05, 0) is 28.7 Å². The minimum atomic E-state index is -2.62. The smallest absolute Gasteiger partial charge is 0.233 e. The van der Waals surface area contributed by atoms with Crippen molar-refractivity contribution in [1.82, 2.24) is 4.98 Å². The van der Waals surface area contributed by atoms with Gasteiger partial charge in [-0.2, -0.15) is 0 Å². The van der Waals surface area contributed by atoms with Gasteiger partial charge in [-0.15, -0.1) is 0 Å². The van der Waals surface area contributed by atoms with Gasteiger partial charge in [0, 0.05) is 3.57 Å². The molecule has 0 amide bonds. The lowest BCUT2D eigenvalue weighted by Crippen LogP contribution is -1.92. The van der Waals surface area contributed by atoms with Gasteiger partial charge >= 0.3 is 0 Å². The molecule has 12 heavy (non-hydrogen) atoms. The molecule has 0 saturated heterocycles. The second kappa shape index (κ2) is 4.02. The van der Waals surface area contributed by atoms with E-state index in [1.807, 2.05) is 22.6 Å². The molecule has 0 aliphatic rings. The van der Waals surface area contributed by atoms with Crippen LogP contribution in [0, 0.1) is 3.57 Å². The van der Waals surface area contributed by atoms with Gasteiger partial charge in [0.25, 0.3) is 6.43 Å². The molecule has 0 aliphatic heterocycles. The Morgan fingerprint density at radius 1 is 1.42 bits per heavy atom. The number of hydrogen-bond donors (Lipinski definition) is 0. The molecule has 0 aromatic carbocycles. The summed E-state index contributed by atoms with van der Waals surface area (Å²) >= 11 is 12.9. The minimum absolute atomic E-state index is 0.0844. The van der Waals surface area contributed by atoms with Gasteiger partial charge < -0.3 is 0 Å². The molecule has 1 heterocycles. The summed E-state index contributed by atoms with van der Waals surface area (Å²) in [6.45, 7) is 0. The van der Waals surface area contributed by atoms with E-state index < -0.39 is 6.43 Å². The summed E-state index contributed by atoms with van der Waals surface area (Å²) in [5.74, 6) is 0. The molecular formula is C6H2Cl2F2IN. The first kappa shape index (κ1) is 10.4. The highest BCUT2D eigenvalue weighted by molar-refractivity contribution is 14.1. The van der Waals surface area contributed by atoms with Gasteiger partial charge in [-0.25, -0.2) is 13.8 Å². The summed E-state index contributed by atoms with van der Waals surface area (Å²) in [5, 5.41) is 0.125. The molecule has 0 saturated carbocycles. The maximum atomic E-state index is 12.1. The number of hydrogen-bond acceptors (Lipinski definition) is 1. The van der Waals surface area contributed by atoms with E-state index in [4.69, 9.17) is 23.2 Å². The number of aromatic nitrogens is 1. The molecule has 0 atom stereocenters. The first-order valence-electron chi connectivity index (χ1n) is 2.82. The summed E-state index contributed by atoms with van der Waals surface area (Å²) in [6, 6.07) is 1.21. The Bertz CT molecular complexity index is 283. The second-order valence-electron chi connectivity index (χ2n) is 1.93. The van der Waals surface area contributed by atoms with Crippen LogP contribution in [-0.4, -0.2) is 4.98 Å². The fraction of sp³-hybridized carbons (Fsp3) is 0.167. The molecule has 0 spiro atoms. The number of rotatable bonds is 1. The van der Waals surface area contributed by atoms with E-state index >= 15 is 0 Å². The van der Waals surface area contributed by atoms with Crippen LogP contribution in [-0.2, 0) is 0 Å². The zero-order chi connectivity index (χ0) is 9.30. The summed E-state index contributed by atoms with van der Waals surface area (Å²) in [4.78, 5) is 3.41. The molecule has 0 N–H and O–H groups in total. The van der Waals surface area contributed by atoms with Crippen molar-refractivity contribution in [2.24, 2.45) is 0 Å². The molecule has 0 bridgehead atoms. The summed E-state index contributed by atoms with van der Waals surface area (Å²) < 4.78 is 24.7. The topological polar surface area (TPSA) is 12.9 Å². The Morgan fingerprint density at radius 3 is 2.42 bits per heavy atom. The van der Waals surface area contributed by atoms with E-state index in [2.05, 4.69) is 4.98 Å². The molecule has 6 heteroatoms. The van der Waals surface area contributed by atoms with E-state index in [-0.39, 0.29) is 15.9 Å². The van der Waals surface area contributed by atoms with Crippen molar-refractivity contribution in [2.45, 2.75) is 6.43 Å². The zero-order valence-corrected chi connectivity index (χ0v) is 9.16. The number of pyridine rings is 1. The highest BCUT2D eigenvalue weighted by Gasteiger charge is 2.13. The molecular weight excluding hydrogens is 322 g/mol. The van der Waals surface area contributed by atoms with Gasteiger partial charge in [-0.3, -0.25) is 0 Å². The van der Waals surface area contributed by atoms with Gasteiger partial charge in [0.15, 0.2) is 0 Å². The third kappa shape index (κ3) is 2.17. The Hall–Kier alpha value is 0.320. The molecule has 0 aliphatic carbocycles. The van der Waals surface area contributed by atoms with Crippen LogP contribution in [0.2, 0.25) is 10.2 Å². The second-order valence-corrected chi connectivity index (χ2v) is 3.83. The highest BCUT2D eigenvalue weighted by Crippen LogP contribution is 2.29. The quantitative estimate of drug-likeness (QED) is 0.563. The first-order valence-corrected chi connectivity index (χ1v) is 4.65. The third-order valence-corrected chi connectivity index (χ3v) is 3.04. The lowest BCUT2D eigenvalue weighted by atomic mass is 10.4. The average molecular weight is 324 g/mol. The predicted molar refractivity (Wildman–Crippen MR) is 51.9 cm³/mol. The van der Waals surface area contributed by atoms with E-state index in [1.54, 1.807) is 0 Å². The van der Waals surface area contributed by atoms with Crippen LogP contribution in [0.1, 0.15) is 12.1 Å². The Balaban J connectivity index is 3.21. The lowest BCUT2D eigenvalue weighted by Gasteiger charge is -2.02. The van der Waals surface area contributed by atoms with Crippen molar-refractivity contribution in [3.05, 3.63) is 25.5 Å². The summed E-state index contributed by atoms with van der Waals surface area (Å²) in [6.07, 6.45) is -2.62. The van der Waals surface area contributed by atoms with E-state index in [9.17, 15) is 8.78 Å². The molecule has 1 nitrogen and oxygen atoms in total. The molecule has 0 radical (unpaired) electrons. The molecule has 0 fully saturated rings.